The van der Waals surface area contributed by atoms with Gasteiger partial charge in [-0.3, -0.25) is 9.69 Å². The van der Waals surface area contributed by atoms with Crippen LogP contribution in [0.3, 0.4) is 0 Å². The molecule has 0 atom stereocenters. The minimum absolute atomic E-state index is 0.250. The maximum Gasteiger partial charge on any atom is 0.416 e. The Hall–Kier alpha value is -2.38. The molecule has 1 N–H and O–H groups in total. The monoisotopic (exact) mass is 410 g/mol. The smallest absolute Gasteiger partial charge is 0.416 e. The van der Waals surface area contributed by atoms with Gasteiger partial charge in [0.2, 0.25) is 0 Å². The standard InChI is InChI=1S/C21H27F3N2.CH2O2/c1-4-26(14-6-13-25(2)3)16-17-7-5-8-19(15-17)18-9-11-20(12-10-18)21(22,23)24;2-1-3/h5,7-12,15H,4,6,13-14,16H2,1-3H3;1H,(H,2,3). The van der Waals surface area contributed by atoms with Crippen molar-refractivity contribution < 1.29 is 23.1 Å². The molecule has 0 aromatic heterocycles. The van der Waals surface area contributed by atoms with E-state index in [9.17, 15) is 13.2 Å². The number of rotatable bonds is 8. The third kappa shape index (κ3) is 9.11. The number of hydrogen-bond acceptors (Lipinski definition) is 3. The van der Waals surface area contributed by atoms with Gasteiger partial charge in [0.25, 0.3) is 6.47 Å². The van der Waals surface area contributed by atoms with Crippen LogP contribution in [0.1, 0.15) is 24.5 Å². The zero-order valence-electron chi connectivity index (χ0n) is 17.1. The number of halogens is 3. The lowest BCUT2D eigenvalue weighted by molar-refractivity contribution is -0.137. The van der Waals surface area contributed by atoms with E-state index in [0.29, 0.717) is 0 Å². The molecule has 0 aliphatic carbocycles. The first-order valence-electron chi connectivity index (χ1n) is 9.42. The number of carbonyl (C=O) groups is 1. The average molecular weight is 410 g/mol. The van der Waals surface area contributed by atoms with Gasteiger partial charge in [-0.05, 0) is 75.0 Å². The van der Waals surface area contributed by atoms with E-state index in [1.807, 2.05) is 12.1 Å². The van der Waals surface area contributed by atoms with E-state index in [1.54, 1.807) is 0 Å². The summed E-state index contributed by atoms with van der Waals surface area (Å²) < 4.78 is 38.1. The molecule has 0 saturated heterocycles. The van der Waals surface area contributed by atoms with Gasteiger partial charge in [-0.25, -0.2) is 0 Å². The van der Waals surface area contributed by atoms with Gasteiger partial charge in [0.05, 0.1) is 5.56 Å². The second-order valence-corrected chi connectivity index (χ2v) is 6.91. The number of nitrogens with zero attached hydrogens (tertiary/aromatic N) is 2. The predicted molar refractivity (Wildman–Crippen MR) is 110 cm³/mol. The Morgan fingerprint density at radius 1 is 1.00 bits per heavy atom. The fourth-order valence-corrected chi connectivity index (χ4v) is 2.92. The lowest BCUT2D eigenvalue weighted by atomic mass is 10.0. The molecule has 0 spiro atoms. The van der Waals surface area contributed by atoms with E-state index in [-0.39, 0.29) is 6.47 Å². The molecule has 7 heteroatoms. The molecule has 2 aromatic carbocycles. The average Bonchev–Trinajstić information content (AvgIpc) is 2.67. The minimum atomic E-state index is -4.30. The van der Waals surface area contributed by atoms with Crippen molar-refractivity contribution >= 4 is 6.47 Å². The first kappa shape index (κ1) is 24.7. The highest BCUT2D eigenvalue weighted by Crippen LogP contribution is 2.31. The van der Waals surface area contributed by atoms with Crippen molar-refractivity contribution in [1.82, 2.24) is 9.80 Å². The van der Waals surface area contributed by atoms with Gasteiger partial charge >= 0.3 is 6.18 Å². The van der Waals surface area contributed by atoms with Gasteiger partial charge in [-0.2, -0.15) is 13.2 Å². The summed E-state index contributed by atoms with van der Waals surface area (Å²) >= 11 is 0. The zero-order chi connectivity index (χ0) is 21.9. The largest absolute Gasteiger partial charge is 0.483 e. The summed E-state index contributed by atoms with van der Waals surface area (Å²) in [5.41, 5.74) is 2.31. The van der Waals surface area contributed by atoms with E-state index in [2.05, 4.69) is 43.0 Å². The van der Waals surface area contributed by atoms with Crippen molar-refractivity contribution in [2.24, 2.45) is 0 Å². The maximum absolute atomic E-state index is 12.7. The first-order valence-corrected chi connectivity index (χ1v) is 9.42. The van der Waals surface area contributed by atoms with Gasteiger partial charge in [0.15, 0.2) is 0 Å². The number of benzene rings is 2. The molecule has 0 amide bonds. The number of carboxylic acid groups (broad SMARTS) is 1. The third-order valence-electron chi connectivity index (χ3n) is 4.41. The van der Waals surface area contributed by atoms with Crippen LogP contribution in [0, 0.1) is 0 Å². The molecule has 0 unspecified atom stereocenters. The van der Waals surface area contributed by atoms with Gasteiger partial charge < -0.3 is 10.0 Å². The number of alkyl halides is 3. The van der Waals surface area contributed by atoms with Crippen LogP contribution in [0.5, 0.6) is 0 Å². The van der Waals surface area contributed by atoms with Crippen molar-refractivity contribution in [3.8, 4) is 11.1 Å². The topological polar surface area (TPSA) is 43.8 Å². The van der Waals surface area contributed by atoms with Gasteiger partial charge in [0, 0.05) is 6.54 Å². The Morgan fingerprint density at radius 3 is 2.14 bits per heavy atom. The highest BCUT2D eigenvalue weighted by Gasteiger charge is 2.29. The summed E-state index contributed by atoms with van der Waals surface area (Å²) in [6, 6.07) is 13.4. The molecular weight excluding hydrogens is 381 g/mol. The van der Waals surface area contributed by atoms with Crippen molar-refractivity contribution in [2.45, 2.75) is 26.1 Å². The lowest BCUT2D eigenvalue weighted by Gasteiger charge is -2.22. The molecule has 0 aliphatic rings. The molecule has 160 valence electrons. The molecular formula is C22H29F3N2O2. The van der Waals surface area contributed by atoms with Crippen LogP contribution in [0.15, 0.2) is 48.5 Å². The van der Waals surface area contributed by atoms with Crippen LogP contribution >= 0.6 is 0 Å². The van der Waals surface area contributed by atoms with Crippen LogP contribution in [0.25, 0.3) is 11.1 Å². The quantitative estimate of drug-likeness (QED) is 0.632. The fourth-order valence-electron chi connectivity index (χ4n) is 2.92. The highest BCUT2D eigenvalue weighted by molar-refractivity contribution is 5.64. The Morgan fingerprint density at radius 2 is 1.62 bits per heavy atom. The summed E-state index contributed by atoms with van der Waals surface area (Å²) in [6.07, 6.45) is -3.19. The van der Waals surface area contributed by atoms with E-state index in [4.69, 9.17) is 9.90 Å². The van der Waals surface area contributed by atoms with E-state index < -0.39 is 11.7 Å². The van der Waals surface area contributed by atoms with Gasteiger partial charge in [0.1, 0.15) is 0 Å². The van der Waals surface area contributed by atoms with Crippen LogP contribution in [0.4, 0.5) is 13.2 Å². The molecule has 0 saturated carbocycles. The van der Waals surface area contributed by atoms with Crippen LogP contribution in [-0.4, -0.2) is 55.1 Å². The third-order valence-corrected chi connectivity index (χ3v) is 4.41. The van der Waals surface area contributed by atoms with E-state index in [1.165, 1.54) is 17.7 Å². The van der Waals surface area contributed by atoms with Crippen LogP contribution < -0.4 is 0 Å². The Bertz CT molecular complexity index is 732. The molecule has 2 aromatic rings. The van der Waals surface area contributed by atoms with Crippen molar-refractivity contribution in [2.75, 3.05) is 33.7 Å². The van der Waals surface area contributed by atoms with Gasteiger partial charge in [-0.1, -0.05) is 37.3 Å². The summed E-state index contributed by atoms with van der Waals surface area (Å²) in [5.74, 6) is 0. The molecule has 0 aliphatic heterocycles. The summed E-state index contributed by atoms with van der Waals surface area (Å²) in [6.45, 7) is 5.80. The second-order valence-electron chi connectivity index (χ2n) is 6.91. The maximum atomic E-state index is 12.7. The van der Waals surface area contributed by atoms with Crippen LogP contribution in [-0.2, 0) is 17.5 Å². The second kappa shape index (κ2) is 12.2. The molecule has 0 heterocycles. The first-order chi connectivity index (χ1) is 13.7. The van der Waals surface area contributed by atoms with E-state index >= 15 is 0 Å². The van der Waals surface area contributed by atoms with E-state index in [0.717, 1.165) is 55.9 Å². The predicted octanol–water partition coefficient (Wildman–Crippen LogP) is 4.85. The fraction of sp³-hybridized carbons (Fsp3) is 0.409. The minimum Gasteiger partial charge on any atom is -0.483 e. The Balaban J connectivity index is 0.00000132. The molecule has 2 rings (SSSR count). The zero-order valence-corrected chi connectivity index (χ0v) is 17.1. The number of hydrogen-bond donors (Lipinski definition) is 1. The highest BCUT2D eigenvalue weighted by atomic mass is 19.4. The van der Waals surface area contributed by atoms with Crippen molar-refractivity contribution in [1.29, 1.82) is 0 Å². The van der Waals surface area contributed by atoms with Crippen LogP contribution in [0.2, 0.25) is 0 Å². The Labute approximate surface area is 170 Å². The normalized spacial score (nSPS) is 11.3. The van der Waals surface area contributed by atoms with Crippen molar-refractivity contribution in [3.05, 3.63) is 59.7 Å². The SMILES string of the molecule is CCN(CCCN(C)C)Cc1cccc(-c2ccc(C(F)(F)F)cc2)c1.O=CO. The molecule has 4 nitrogen and oxygen atoms in total. The summed E-state index contributed by atoms with van der Waals surface area (Å²) in [7, 11) is 4.15. The molecule has 0 bridgehead atoms. The van der Waals surface area contributed by atoms with Gasteiger partial charge in [-0.15, -0.1) is 0 Å². The summed E-state index contributed by atoms with van der Waals surface area (Å²) in [4.78, 5) is 12.9. The summed E-state index contributed by atoms with van der Waals surface area (Å²) in [5, 5.41) is 6.89. The molecule has 29 heavy (non-hydrogen) atoms. The Kier molecular flexibility index (Phi) is 10.4. The molecule has 0 fully saturated rings. The lowest BCUT2D eigenvalue weighted by Crippen LogP contribution is -2.26. The molecule has 0 radical (unpaired) electrons. The van der Waals surface area contributed by atoms with Crippen molar-refractivity contribution in [3.63, 3.8) is 0 Å².